The molecule has 0 amide bonds. The highest BCUT2D eigenvalue weighted by Crippen LogP contribution is 2.34. The number of hydrogen-bond acceptors (Lipinski definition) is 0. The molecule has 0 aliphatic heterocycles. The Hall–Kier alpha value is -3.19. The molecule has 0 aliphatic rings. The van der Waals surface area contributed by atoms with Crippen LogP contribution in [-0.4, -0.2) is 0 Å². The lowest BCUT2D eigenvalue weighted by Gasteiger charge is -2.14. The van der Waals surface area contributed by atoms with Gasteiger partial charge in [0.05, 0.1) is 0 Å². The second kappa shape index (κ2) is 7.67. The summed E-state index contributed by atoms with van der Waals surface area (Å²) < 4.78 is 74.2. The van der Waals surface area contributed by atoms with Gasteiger partial charge in [-0.2, -0.15) is 0 Å². The van der Waals surface area contributed by atoms with Crippen LogP contribution in [0.3, 0.4) is 0 Å². The molecule has 0 bridgehead atoms. The van der Waals surface area contributed by atoms with Gasteiger partial charge in [0.25, 0.3) is 0 Å². The molecule has 3 aromatic carbocycles. The zero-order valence-electron chi connectivity index (χ0n) is 25.5. The predicted octanol–water partition coefficient (Wildman–Crippen LogP) is 6.75. The maximum atomic E-state index is 8.16. The van der Waals surface area contributed by atoms with Gasteiger partial charge in [0, 0.05) is 29.5 Å². The van der Waals surface area contributed by atoms with Crippen LogP contribution in [0.15, 0.2) is 79.0 Å². The lowest BCUT2D eigenvalue weighted by Crippen LogP contribution is -2.31. The Kier molecular flexibility index (Phi) is 2.94. The summed E-state index contributed by atoms with van der Waals surface area (Å²) in [5.74, 6) is 0. The summed E-state index contributed by atoms with van der Waals surface area (Å²) in [4.78, 5) is 0. The normalized spacial score (nSPS) is 16.8. The van der Waals surface area contributed by atoms with E-state index in [1.54, 1.807) is 60.1 Å². The monoisotopic (exact) mass is 387 g/mol. The maximum absolute atomic E-state index is 8.16. The fourth-order valence-electron chi connectivity index (χ4n) is 3.78. The zero-order valence-corrected chi connectivity index (χ0v) is 16.5. The third kappa shape index (κ3) is 3.49. The number of nitrogens with zero attached hydrogens (tertiary/aromatic N) is 1. The first kappa shape index (κ1) is 11.1. The van der Waals surface area contributed by atoms with Gasteiger partial charge in [0.2, 0.25) is 5.69 Å². The highest BCUT2D eigenvalue weighted by molar-refractivity contribution is 5.80. The van der Waals surface area contributed by atoms with Crippen LogP contribution in [0.2, 0.25) is 0 Å². The van der Waals surface area contributed by atoms with E-state index in [1.807, 2.05) is 25.1 Å². The number of aromatic nitrogens is 1. The summed E-state index contributed by atoms with van der Waals surface area (Å²) in [6, 6.07) is 20.6. The van der Waals surface area contributed by atoms with E-state index < -0.39 is 20.6 Å². The Balaban J connectivity index is 2.01. The molecule has 0 radical (unpaired) electrons. The van der Waals surface area contributed by atoms with Crippen molar-refractivity contribution >= 4 is 0 Å². The topological polar surface area (TPSA) is 3.88 Å². The van der Waals surface area contributed by atoms with E-state index in [0.717, 1.165) is 16.7 Å². The second-order valence-corrected chi connectivity index (χ2v) is 7.17. The van der Waals surface area contributed by atoms with Crippen LogP contribution in [0.1, 0.15) is 34.6 Å². The van der Waals surface area contributed by atoms with Gasteiger partial charge in [-0.3, -0.25) is 0 Å². The Morgan fingerprint density at radius 1 is 0.621 bits per heavy atom. The first-order valence-corrected chi connectivity index (χ1v) is 9.44. The Labute approximate surface area is 187 Å². The number of aryl methyl sites for hydroxylation is 4. The van der Waals surface area contributed by atoms with Crippen molar-refractivity contribution in [1.29, 1.82) is 0 Å². The van der Waals surface area contributed by atoms with Crippen molar-refractivity contribution in [3.63, 3.8) is 0 Å². The van der Waals surface area contributed by atoms with Gasteiger partial charge in [0.1, 0.15) is 7.05 Å². The van der Waals surface area contributed by atoms with Crippen LogP contribution in [0.4, 0.5) is 0 Å². The molecule has 0 saturated carbocycles. The van der Waals surface area contributed by atoms with Crippen molar-refractivity contribution in [3.05, 3.63) is 101 Å². The molecule has 0 aliphatic carbocycles. The largest absolute Gasteiger partial charge is 0.213 e. The second-order valence-electron chi connectivity index (χ2n) is 7.17. The van der Waals surface area contributed by atoms with Crippen molar-refractivity contribution < 1.29 is 16.9 Å². The standard InChI is InChI=1S/C28H28N/c1-19-11-6-8-13-23(19)25-15-10-16-26(22(25)4)28-17-27(21(3)18-29(28)5)24-14-9-7-12-20(24)2/h6-18H,1-5H3/q+1/i1D3,2D3,3D3. The molecule has 1 heteroatoms. The van der Waals surface area contributed by atoms with Gasteiger partial charge < -0.3 is 0 Å². The molecule has 1 nitrogen and oxygen atoms in total. The summed E-state index contributed by atoms with van der Waals surface area (Å²) in [6.45, 7) is -5.31. The van der Waals surface area contributed by atoms with Crippen molar-refractivity contribution in [2.24, 2.45) is 7.05 Å². The van der Waals surface area contributed by atoms with E-state index in [1.165, 1.54) is 12.3 Å². The fraction of sp³-hybridized carbons (Fsp3) is 0.179. The Morgan fingerprint density at radius 2 is 1.17 bits per heavy atom. The lowest BCUT2D eigenvalue weighted by atomic mass is 9.90. The highest BCUT2D eigenvalue weighted by atomic mass is 14.9. The summed E-state index contributed by atoms with van der Waals surface area (Å²) in [6.07, 6.45) is 1.52. The molecule has 4 aromatic rings. The van der Waals surface area contributed by atoms with Crippen LogP contribution in [-0.2, 0) is 7.05 Å². The fourth-order valence-corrected chi connectivity index (χ4v) is 3.78. The van der Waals surface area contributed by atoms with Gasteiger partial charge in [0.15, 0.2) is 6.20 Å². The van der Waals surface area contributed by atoms with E-state index in [2.05, 4.69) is 0 Å². The highest BCUT2D eigenvalue weighted by Gasteiger charge is 2.19. The molecular weight excluding hydrogens is 350 g/mol. The van der Waals surface area contributed by atoms with E-state index in [9.17, 15) is 0 Å². The minimum atomic E-state index is -2.48. The van der Waals surface area contributed by atoms with Crippen molar-refractivity contribution in [1.82, 2.24) is 0 Å². The van der Waals surface area contributed by atoms with Crippen LogP contribution >= 0.6 is 0 Å². The first-order chi connectivity index (χ1) is 17.6. The minimum absolute atomic E-state index is 0.0435. The number of rotatable bonds is 3. The van der Waals surface area contributed by atoms with Crippen LogP contribution in [0, 0.1) is 27.5 Å². The smallest absolute Gasteiger partial charge is 0.201 e. The van der Waals surface area contributed by atoms with Crippen molar-refractivity contribution in [2.75, 3.05) is 0 Å². The molecular formula is C28H28N+. The summed E-state index contributed by atoms with van der Waals surface area (Å²) in [5, 5.41) is 0. The molecule has 0 spiro atoms. The van der Waals surface area contributed by atoms with Crippen molar-refractivity contribution in [2.45, 2.75) is 27.5 Å². The van der Waals surface area contributed by atoms with Crippen molar-refractivity contribution in [3.8, 4) is 33.5 Å². The third-order valence-corrected chi connectivity index (χ3v) is 5.32. The SMILES string of the molecule is [2H]C([2H])([2H])c1ccccc1-c1cc(-c2cccc(-c3ccccc3C([2H])([2H])[2H])c2C)[n+](C)cc1C([2H])([2H])[2H]. The third-order valence-electron chi connectivity index (χ3n) is 5.32. The zero-order chi connectivity index (χ0) is 28.0. The molecule has 29 heavy (non-hydrogen) atoms. The molecule has 0 fully saturated rings. The summed E-state index contributed by atoms with van der Waals surface area (Å²) >= 11 is 0. The van der Waals surface area contributed by atoms with Gasteiger partial charge in [-0.1, -0.05) is 60.7 Å². The summed E-state index contributed by atoms with van der Waals surface area (Å²) in [5.41, 5.74) is 4.62. The van der Waals surface area contributed by atoms with E-state index in [-0.39, 0.29) is 16.7 Å². The van der Waals surface area contributed by atoms with E-state index >= 15 is 0 Å². The average molecular weight is 388 g/mol. The first-order valence-electron chi connectivity index (χ1n) is 13.9. The molecule has 0 saturated heterocycles. The van der Waals surface area contributed by atoms with Gasteiger partial charge in [-0.15, -0.1) is 0 Å². The molecule has 1 heterocycles. The number of benzene rings is 3. The molecule has 144 valence electrons. The Bertz CT molecular complexity index is 1500. The van der Waals surface area contributed by atoms with Gasteiger partial charge >= 0.3 is 0 Å². The lowest BCUT2D eigenvalue weighted by molar-refractivity contribution is -0.660. The van der Waals surface area contributed by atoms with Gasteiger partial charge in [-0.25, -0.2) is 4.57 Å². The Morgan fingerprint density at radius 3 is 1.83 bits per heavy atom. The molecule has 0 N–H and O–H groups in total. The predicted molar refractivity (Wildman–Crippen MR) is 123 cm³/mol. The quantitative estimate of drug-likeness (QED) is 0.342. The van der Waals surface area contributed by atoms with Crippen LogP contribution < -0.4 is 4.57 Å². The minimum Gasteiger partial charge on any atom is -0.201 e. The average Bonchev–Trinajstić information content (AvgIpc) is 2.83. The molecule has 0 unspecified atom stereocenters. The molecule has 0 atom stereocenters. The maximum Gasteiger partial charge on any atom is 0.213 e. The van der Waals surface area contributed by atoms with Gasteiger partial charge in [-0.05, 0) is 72.5 Å². The summed E-state index contributed by atoms with van der Waals surface area (Å²) in [7, 11) is 1.74. The van der Waals surface area contributed by atoms with Crippen LogP contribution in [0.5, 0.6) is 0 Å². The number of pyridine rings is 1. The van der Waals surface area contributed by atoms with E-state index in [0.29, 0.717) is 22.4 Å². The molecule has 4 rings (SSSR count). The number of hydrogen-bond donors (Lipinski definition) is 0. The van der Waals surface area contributed by atoms with Crippen LogP contribution in [0.25, 0.3) is 33.5 Å². The van der Waals surface area contributed by atoms with E-state index in [4.69, 9.17) is 12.3 Å². The molecule has 1 aromatic heterocycles.